The Bertz CT molecular complexity index is 609. The van der Waals surface area contributed by atoms with Crippen molar-refractivity contribution in [2.45, 2.75) is 18.9 Å². The third-order valence-electron chi connectivity index (χ3n) is 3.50. The van der Waals surface area contributed by atoms with E-state index in [0.717, 1.165) is 30.0 Å². The van der Waals surface area contributed by atoms with Crippen molar-refractivity contribution in [2.75, 3.05) is 30.8 Å². The molecule has 116 valence electrons. The van der Waals surface area contributed by atoms with Gasteiger partial charge in [-0.15, -0.1) is 0 Å². The molecule has 1 aliphatic heterocycles. The van der Waals surface area contributed by atoms with E-state index in [1.807, 2.05) is 0 Å². The summed E-state index contributed by atoms with van der Waals surface area (Å²) in [6.45, 7) is 1.17. The minimum atomic E-state index is -3.41. The maximum Gasteiger partial charge on any atom is 0.253 e. The summed E-state index contributed by atoms with van der Waals surface area (Å²) in [5, 5.41) is 2.80. The highest BCUT2D eigenvalue weighted by molar-refractivity contribution is 7.92. The van der Waals surface area contributed by atoms with Crippen molar-refractivity contribution in [3.05, 3.63) is 29.8 Å². The number of para-hydroxylation sites is 1. The Kier molecular flexibility index (Phi) is 4.84. The van der Waals surface area contributed by atoms with Crippen LogP contribution in [0.5, 0.6) is 0 Å². The van der Waals surface area contributed by atoms with Gasteiger partial charge in [-0.1, -0.05) is 12.1 Å². The molecule has 0 saturated carbocycles. The van der Waals surface area contributed by atoms with Gasteiger partial charge in [0, 0.05) is 20.2 Å². The number of nitrogens with one attached hydrogen (secondary N) is 1. The number of amides is 1. The molecule has 2 rings (SSSR count). The number of benzene rings is 1. The second kappa shape index (κ2) is 6.44. The molecule has 0 spiro atoms. The summed E-state index contributed by atoms with van der Waals surface area (Å²) < 4.78 is 29.9. The van der Waals surface area contributed by atoms with Crippen LogP contribution in [0.15, 0.2) is 24.3 Å². The van der Waals surface area contributed by atoms with Crippen LogP contribution in [0.2, 0.25) is 0 Å². The average Bonchev–Trinajstić information content (AvgIpc) is 2.96. The van der Waals surface area contributed by atoms with Gasteiger partial charge in [0.05, 0.1) is 23.6 Å². The van der Waals surface area contributed by atoms with Crippen molar-refractivity contribution in [2.24, 2.45) is 0 Å². The minimum Gasteiger partial charge on any atom is -0.376 e. The van der Waals surface area contributed by atoms with Crippen LogP contribution in [0.1, 0.15) is 23.2 Å². The van der Waals surface area contributed by atoms with Gasteiger partial charge in [-0.2, -0.15) is 0 Å². The van der Waals surface area contributed by atoms with Crippen molar-refractivity contribution in [3.8, 4) is 0 Å². The summed E-state index contributed by atoms with van der Waals surface area (Å²) >= 11 is 0. The fourth-order valence-corrected chi connectivity index (χ4v) is 2.74. The van der Waals surface area contributed by atoms with Gasteiger partial charge in [-0.3, -0.25) is 9.10 Å². The quantitative estimate of drug-likeness (QED) is 0.880. The Morgan fingerprint density at radius 1 is 1.43 bits per heavy atom. The Morgan fingerprint density at radius 3 is 2.76 bits per heavy atom. The van der Waals surface area contributed by atoms with Crippen molar-refractivity contribution >= 4 is 21.6 Å². The second-order valence-electron chi connectivity index (χ2n) is 5.09. The van der Waals surface area contributed by atoms with Crippen LogP contribution in [0, 0.1) is 0 Å². The number of hydrogen-bond donors (Lipinski definition) is 1. The fourth-order valence-electron chi connectivity index (χ4n) is 2.23. The fraction of sp³-hybridized carbons (Fsp3) is 0.500. The first-order chi connectivity index (χ1) is 9.89. The van der Waals surface area contributed by atoms with E-state index in [9.17, 15) is 13.2 Å². The first-order valence-corrected chi connectivity index (χ1v) is 8.67. The summed E-state index contributed by atoms with van der Waals surface area (Å²) in [4.78, 5) is 12.3. The zero-order valence-corrected chi connectivity index (χ0v) is 13.0. The summed E-state index contributed by atoms with van der Waals surface area (Å²) in [5.74, 6) is -0.295. The van der Waals surface area contributed by atoms with Crippen molar-refractivity contribution < 1.29 is 17.9 Å². The number of nitrogens with zero attached hydrogens (tertiary/aromatic N) is 1. The molecule has 0 bridgehead atoms. The number of carbonyl (C=O) groups excluding carboxylic acids is 1. The molecule has 0 radical (unpaired) electrons. The Balaban J connectivity index is 2.13. The number of rotatable bonds is 5. The van der Waals surface area contributed by atoms with Crippen LogP contribution in [-0.2, 0) is 14.8 Å². The van der Waals surface area contributed by atoms with Crippen LogP contribution < -0.4 is 9.62 Å². The van der Waals surface area contributed by atoms with Crippen LogP contribution in [0.25, 0.3) is 0 Å². The van der Waals surface area contributed by atoms with E-state index in [-0.39, 0.29) is 12.0 Å². The molecule has 0 aliphatic carbocycles. The molecule has 1 aromatic rings. The SMILES string of the molecule is CN(c1ccccc1C(=O)NC[C@@H]1CCCO1)S(C)(=O)=O. The summed E-state index contributed by atoms with van der Waals surface area (Å²) in [6, 6.07) is 6.64. The highest BCUT2D eigenvalue weighted by atomic mass is 32.2. The molecule has 1 aliphatic rings. The topological polar surface area (TPSA) is 75.7 Å². The smallest absolute Gasteiger partial charge is 0.253 e. The molecule has 1 saturated heterocycles. The van der Waals surface area contributed by atoms with Crippen molar-refractivity contribution in [1.82, 2.24) is 5.32 Å². The van der Waals surface area contributed by atoms with Crippen LogP contribution >= 0.6 is 0 Å². The number of hydrogen-bond acceptors (Lipinski definition) is 4. The van der Waals surface area contributed by atoms with Gasteiger partial charge in [0.15, 0.2) is 0 Å². The van der Waals surface area contributed by atoms with E-state index in [2.05, 4.69) is 5.32 Å². The highest BCUT2D eigenvalue weighted by Gasteiger charge is 2.21. The first kappa shape index (κ1) is 15.8. The summed E-state index contributed by atoms with van der Waals surface area (Å²) in [7, 11) is -1.98. The molecule has 0 aromatic heterocycles. The molecule has 6 nitrogen and oxygen atoms in total. The maximum atomic E-state index is 12.3. The number of ether oxygens (including phenoxy) is 1. The van der Waals surface area contributed by atoms with E-state index in [1.165, 1.54) is 7.05 Å². The monoisotopic (exact) mass is 312 g/mol. The Morgan fingerprint density at radius 2 is 2.14 bits per heavy atom. The molecule has 7 heteroatoms. The standard InChI is InChI=1S/C14H20N2O4S/c1-16(21(2,18)19)13-8-4-3-7-12(13)14(17)15-10-11-6-5-9-20-11/h3-4,7-8,11H,5-6,9-10H2,1-2H3,(H,15,17)/t11-/m0/s1. The normalized spacial score (nSPS) is 18.5. The van der Waals surface area contributed by atoms with E-state index in [4.69, 9.17) is 4.74 Å². The molecule has 1 fully saturated rings. The molecular formula is C14H20N2O4S. The third kappa shape index (κ3) is 3.95. The molecule has 1 atom stereocenters. The van der Waals surface area contributed by atoms with Crippen LogP contribution in [0.4, 0.5) is 5.69 Å². The van der Waals surface area contributed by atoms with Gasteiger partial charge >= 0.3 is 0 Å². The second-order valence-corrected chi connectivity index (χ2v) is 7.11. The lowest BCUT2D eigenvalue weighted by Gasteiger charge is -2.20. The number of sulfonamides is 1. The molecule has 21 heavy (non-hydrogen) atoms. The maximum absolute atomic E-state index is 12.3. The number of carbonyl (C=O) groups is 1. The van der Waals surface area contributed by atoms with Crippen LogP contribution in [-0.4, -0.2) is 46.9 Å². The molecule has 0 unspecified atom stereocenters. The van der Waals surface area contributed by atoms with Gasteiger partial charge < -0.3 is 10.1 Å². The van der Waals surface area contributed by atoms with Gasteiger partial charge in [0.1, 0.15) is 0 Å². The minimum absolute atomic E-state index is 0.0498. The van der Waals surface area contributed by atoms with Crippen molar-refractivity contribution in [3.63, 3.8) is 0 Å². The van der Waals surface area contributed by atoms with Crippen molar-refractivity contribution in [1.29, 1.82) is 0 Å². The molecule has 1 heterocycles. The van der Waals surface area contributed by atoms with E-state index >= 15 is 0 Å². The lowest BCUT2D eigenvalue weighted by atomic mass is 10.1. The molecule has 1 aromatic carbocycles. The highest BCUT2D eigenvalue weighted by Crippen LogP contribution is 2.21. The predicted molar refractivity (Wildman–Crippen MR) is 81.0 cm³/mol. The summed E-state index contributed by atoms with van der Waals surface area (Å²) in [6.07, 6.45) is 3.10. The van der Waals surface area contributed by atoms with Gasteiger partial charge in [-0.05, 0) is 25.0 Å². The average molecular weight is 312 g/mol. The van der Waals surface area contributed by atoms with E-state index in [1.54, 1.807) is 24.3 Å². The van der Waals surface area contributed by atoms with Gasteiger partial charge in [0.2, 0.25) is 10.0 Å². The zero-order chi connectivity index (χ0) is 15.5. The third-order valence-corrected chi connectivity index (χ3v) is 4.69. The lowest BCUT2D eigenvalue weighted by molar-refractivity contribution is 0.0858. The predicted octanol–water partition coefficient (Wildman–Crippen LogP) is 0.991. The van der Waals surface area contributed by atoms with E-state index < -0.39 is 10.0 Å². The first-order valence-electron chi connectivity index (χ1n) is 6.82. The van der Waals surface area contributed by atoms with Gasteiger partial charge in [-0.25, -0.2) is 8.42 Å². The summed E-state index contributed by atoms with van der Waals surface area (Å²) in [5.41, 5.74) is 0.702. The Hall–Kier alpha value is -1.60. The molecule has 1 N–H and O–H groups in total. The Labute approximate surface area is 125 Å². The number of anilines is 1. The van der Waals surface area contributed by atoms with E-state index in [0.29, 0.717) is 17.8 Å². The lowest BCUT2D eigenvalue weighted by Crippen LogP contribution is -2.34. The zero-order valence-electron chi connectivity index (χ0n) is 12.2. The van der Waals surface area contributed by atoms with Gasteiger partial charge in [0.25, 0.3) is 5.91 Å². The molecular weight excluding hydrogens is 292 g/mol. The largest absolute Gasteiger partial charge is 0.376 e. The van der Waals surface area contributed by atoms with Crippen LogP contribution in [0.3, 0.4) is 0 Å². The molecule has 1 amide bonds.